The number of carbonyl (C=O) groups excluding carboxylic acids is 1. The van der Waals surface area contributed by atoms with Gasteiger partial charge in [0, 0.05) is 17.5 Å². The van der Waals surface area contributed by atoms with E-state index in [1.165, 1.54) is 24.8 Å². The molecule has 1 heterocycles. The quantitative estimate of drug-likeness (QED) is 0.878. The lowest BCUT2D eigenvalue weighted by molar-refractivity contribution is -0.123. The van der Waals surface area contributed by atoms with Gasteiger partial charge in [0.1, 0.15) is 5.75 Å². The molecule has 1 unspecified atom stereocenters. The molecule has 4 heteroatoms. The molecule has 1 aromatic rings. The van der Waals surface area contributed by atoms with E-state index in [0.29, 0.717) is 6.54 Å². The van der Waals surface area contributed by atoms with Gasteiger partial charge in [0.2, 0.25) is 5.91 Å². The molecule has 1 atom stereocenters. The molecule has 4 nitrogen and oxygen atoms in total. The minimum atomic E-state index is -0.0140. The number of rotatable bonds is 5. The second kappa shape index (κ2) is 7.35. The Morgan fingerprint density at radius 1 is 1.26 bits per heavy atom. The topological polar surface area (TPSA) is 50.4 Å². The fourth-order valence-electron chi connectivity index (χ4n) is 4.13. The van der Waals surface area contributed by atoms with Gasteiger partial charge < -0.3 is 15.4 Å². The van der Waals surface area contributed by atoms with Crippen molar-refractivity contribution in [3.8, 4) is 5.75 Å². The van der Waals surface area contributed by atoms with Crippen molar-refractivity contribution in [2.24, 2.45) is 0 Å². The fourth-order valence-corrected chi connectivity index (χ4v) is 4.13. The number of nitrogens with one attached hydrogen (secondary N) is 2. The third-order valence-corrected chi connectivity index (χ3v) is 5.47. The Labute approximate surface area is 139 Å². The third kappa shape index (κ3) is 3.52. The van der Waals surface area contributed by atoms with Crippen LogP contribution in [0.5, 0.6) is 5.75 Å². The highest BCUT2D eigenvalue weighted by molar-refractivity contribution is 5.82. The average molecular weight is 316 g/mol. The Kier molecular flexibility index (Phi) is 5.21. The Morgan fingerprint density at radius 2 is 2.04 bits per heavy atom. The summed E-state index contributed by atoms with van der Waals surface area (Å²) in [6.45, 7) is 1.67. The van der Waals surface area contributed by atoms with Gasteiger partial charge in [-0.1, -0.05) is 37.5 Å². The van der Waals surface area contributed by atoms with Crippen molar-refractivity contribution >= 4 is 5.91 Å². The molecule has 1 aliphatic carbocycles. The number of hydrogen-bond donors (Lipinski definition) is 2. The molecule has 1 saturated carbocycles. The third-order valence-electron chi connectivity index (χ3n) is 5.47. The zero-order valence-corrected chi connectivity index (χ0v) is 14.1. The van der Waals surface area contributed by atoms with Crippen molar-refractivity contribution in [1.82, 2.24) is 10.6 Å². The molecule has 3 rings (SSSR count). The van der Waals surface area contributed by atoms with Crippen LogP contribution in [-0.4, -0.2) is 32.1 Å². The first-order chi connectivity index (χ1) is 11.2. The van der Waals surface area contributed by atoms with E-state index in [1.54, 1.807) is 7.11 Å². The van der Waals surface area contributed by atoms with Gasteiger partial charge in [0.25, 0.3) is 0 Å². The van der Waals surface area contributed by atoms with Crippen molar-refractivity contribution in [2.45, 2.75) is 56.4 Å². The molecule has 126 valence electrons. The zero-order chi connectivity index (χ0) is 16.1. The highest BCUT2D eigenvalue weighted by Gasteiger charge is 2.38. The second-order valence-corrected chi connectivity index (χ2v) is 6.91. The van der Waals surface area contributed by atoms with Crippen LogP contribution in [0.15, 0.2) is 24.3 Å². The van der Waals surface area contributed by atoms with Crippen molar-refractivity contribution in [2.75, 3.05) is 20.2 Å². The molecule has 2 aliphatic rings. The van der Waals surface area contributed by atoms with Crippen LogP contribution in [0.4, 0.5) is 0 Å². The fraction of sp³-hybridized carbons (Fsp3) is 0.632. The molecule has 23 heavy (non-hydrogen) atoms. The molecular formula is C19H28N2O2. The van der Waals surface area contributed by atoms with Crippen LogP contribution in [0.2, 0.25) is 0 Å². The van der Waals surface area contributed by atoms with Crippen molar-refractivity contribution in [3.05, 3.63) is 29.8 Å². The van der Waals surface area contributed by atoms with Gasteiger partial charge in [0.05, 0.1) is 13.2 Å². The Hall–Kier alpha value is -1.55. The zero-order valence-electron chi connectivity index (χ0n) is 14.1. The normalized spacial score (nSPS) is 23.4. The second-order valence-electron chi connectivity index (χ2n) is 6.91. The summed E-state index contributed by atoms with van der Waals surface area (Å²) in [6, 6.07) is 8.26. The summed E-state index contributed by atoms with van der Waals surface area (Å²) in [5, 5.41) is 6.56. The molecule has 0 bridgehead atoms. The van der Waals surface area contributed by atoms with Gasteiger partial charge in [-0.25, -0.2) is 0 Å². The number of benzene rings is 1. The minimum absolute atomic E-state index is 0.0140. The van der Waals surface area contributed by atoms with Crippen LogP contribution in [0.3, 0.4) is 0 Å². The lowest BCUT2D eigenvalue weighted by Crippen LogP contribution is -2.49. The van der Waals surface area contributed by atoms with Crippen LogP contribution in [0.25, 0.3) is 0 Å². The number of hydrogen-bond acceptors (Lipinski definition) is 3. The van der Waals surface area contributed by atoms with Crippen LogP contribution < -0.4 is 15.4 Å². The van der Waals surface area contributed by atoms with Crippen LogP contribution in [-0.2, 0) is 10.2 Å². The minimum Gasteiger partial charge on any atom is -0.496 e. The van der Waals surface area contributed by atoms with Gasteiger partial charge in [-0.05, 0) is 38.3 Å². The molecule has 1 amide bonds. The number of carbonyl (C=O) groups is 1. The maximum Gasteiger partial charge on any atom is 0.237 e. The maximum absolute atomic E-state index is 12.5. The summed E-state index contributed by atoms with van der Waals surface area (Å²) in [5.74, 6) is 1.10. The number of methoxy groups -OCH3 is 1. The van der Waals surface area contributed by atoms with Crippen LogP contribution >= 0.6 is 0 Å². The largest absolute Gasteiger partial charge is 0.496 e. The van der Waals surface area contributed by atoms with Crippen LogP contribution in [0, 0.1) is 0 Å². The number of amides is 1. The molecule has 2 N–H and O–H groups in total. The van der Waals surface area contributed by atoms with E-state index < -0.39 is 0 Å². The summed E-state index contributed by atoms with van der Waals surface area (Å²) in [4.78, 5) is 12.5. The molecule has 1 saturated heterocycles. The first-order valence-electron chi connectivity index (χ1n) is 8.90. The standard InChI is InChI=1S/C19H28N2O2/c1-23-17-10-3-2-8-15(17)19(11-5-6-12-19)14-21-18(22)16-9-4-7-13-20-16/h2-3,8,10,16,20H,4-7,9,11-14H2,1H3,(H,21,22). The monoisotopic (exact) mass is 316 g/mol. The molecule has 0 aromatic heterocycles. The summed E-state index contributed by atoms with van der Waals surface area (Å²) in [6.07, 6.45) is 7.94. The van der Waals surface area contributed by atoms with E-state index in [2.05, 4.69) is 22.8 Å². The van der Waals surface area contributed by atoms with Gasteiger partial charge in [-0.2, -0.15) is 0 Å². The summed E-state index contributed by atoms with van der Waals surface area (Å²) in [7, 11) is 1.73. The van der Waals surface area contributed by atoms with E-state index in [1.807, 2.05) is 12.1 Å². The van der Waals surface area contributed by atoms with Gasteiger partial charge in [0.15, 0.2) is 0 Å². The van der Waals surface area contributed by atoms with Crippen molar-refractivity contribution in [1.29, 1.82) is 0 Å². The van der Waals surface area contributed by atoms with E-state index >= 15 is 0 Å². The Morgan fingerprint density at radius 3 is 2.74 bits per heavy atom. The van der Waals surface area contributed by atoms with Crippen LogP contribution in [0.1, 0.15) is 50.5 Å². The summed E-state index contributed by atoms with van der Waals surface area (Å²) < 4.78 is 5.58. The summed E-state index contributed by atoms with van der Waals surface area (Å²) in [5.41, 5.74) is 1.27. The smallest absolute Gasteiger partial charge is 0.237 e. The highest BCUT2D eigenvalue weighted by atomic mass is 16.5. The van der Waals surface area contributed by atoms with E-state index in [0.717, 1.165) is 38.0 Å². The van der Waals surface area contributed by atoms with Crippen molar-refractivity contribution in [3.63, 3.8) is 0 Å². The van der Waals surface area contributed by atoms with E-state index in [9.17, 15) is 4.79 Å². The first kappa shape index (κ1) is 16.3. The van der Waals surface area contributed by atoms with E-state index in [-0.39, 0.29) is 17.4 Å². The number of ether oxygens (including phenoxy) is 1. The molecule has 2 fully saturated rings. The average Bonchev–Trinajstić information content (AvgIpc) is 3.10. The maximum atomic E-state index is 12.5. The lowest BCUT2D eigenvalue weighted by Gasteiger charge is -2.32. The number of piperidine rings is 1. The van der Waals surface area contributed by atoms with Crippen molar-refractivity contribution < 1.29 is 9.53 Å². The lowest BCUT2D eigenvalue weighted by atomic mass is 9.78. The van der Waals surface area contributed by atoms with Gasteiger partial charge in [-0.3, -0.25) is 4.79 Å². The Balaban J connectivity index is 1.72. The molecule has 0 radical (unpaired) electrons. The van der Waals surface area contributed by atoms with Gasteiger partial charge in [-0.15, -0.1) is 0 Å². The molecular weight excluding hydrogens is 288 g/mol. The number of para-hydroxylation sites is 1. The highest BCUT2D eigenvalue weighted by Crippen LogP contribution is 2.44. The molecule has 0 spiro atoms. The SMILES string of the molecule is COc1ccccc1C1(CNC(=O)C2CCCCN2)CCCC1. The predicted octanol–water partition coefficient (Wildman–Crippen LogP) is 2.77. The summed E-state index contributed by atoms with van der Waals surface area (Å²) >= 11 is 0. The Bertz CT molecular complexity index is 532. The first-order valence-corrected chi connectivity index (χ1v) is 8.90. The van der Waals surface area contributed by atoms with E-state index in [4.69, 9.17) is 4.74 Å². The molecule has 1 aromatic carbocycles. The predicted molar refractivity (Wildman–Crippen MR) is 91.8 cm³/mol. The van der Waals surface area contributed by atoms with Gasteiger partial charge >= 0.3 is 0 Å². The molecule has 1 aliphatic heterocycles.